The van der Waals surface area contributed by atoms with E-state index in [0.29, 0.717) is 22.4 Å². The Hall–Kier alpha value is -2.33. The Bertz CT molecular complexity index is 847. The van der Waals surface area contributed by atoms with Gasteiger partial charge in [0.15, 0.2) is 11.5 Å². The van der Waals surface area contributed by atoms with Crippen LogP contribution in [0.2, 0.25) is 5.02 Å². The molecule has 1 amide bonds. The van der Waals surface area contributed by atoms with Crippen molar-refractivity contribution in [2.45, 2.75) is 33.6 Å². The Labute approximate surface area is 158 Å². The van der Waals surface area contributed by atoms with Gasteiger partial charge in [-0.3, -0.25) is 4.79 Å². The van der Waals surface area contributed by atoms with Crippen LogP contribution in [0.4, 0.5) is 5.69 Å². The molecule has 0 spiro atoms. The molecule has 1 aliphatic carbocycles. The smallest absolute Gasteiger partial charge is 0.277 e. The second kappa shape index (κ2) is 7.50. The third kappa shape index (κ3) is 4.25. The number of benzene rings is 1. The summed E-state index contributed by atoms with van der Waals surface area (Å²) in [4.78, 5) is 12.3. The zero-order valence-corrected chi connectivity index (χ0v) is 16.0. The number of nitrogens with one attached hydrogen (secondary N) is 1. The van der Waals surface area contributed by atoms with Crippen molar-refractivity contribution < 1.29 is 9.32 Å². The molecule has 1 N–H and O–H groups in total. The predicted octanol–water partition coefficient (Wildman–Crippen LogP) is 5.98. The number of rotatable bonds is 4. The van der Waals surface area contributed by atoms with Gasteiger partial charge in [-0.2, -0.15) is 0 Å². The Balaban J connectivity index is 1.69. The Morgan fingerprint density at radius 1 is 1.35 bits per heavy atom. The molecule has 2 aromatic rings. The molecule has 1 aliphatic rings. The summed E-state index contributed by atoms with van der Waals surface area (Å²) >= 11 is 5.85. The van der Waals surface area contributed by atoms with Crippen LogP contribution in [0.5, 0.6) is 0 Å². The van der Waals surface area contributed by atoms with E-state index >= 15 is 0 Å². The van der Waals surface area contributed by atoms with Crippen molar-refractivity contribution in [2.75, 3.05) is 5.32 Å². The van der Waals surface area contributed by atoms with Crippen LogP contribution < -0.4 is 5.32 Å². The SMILES string of the molecule is CC1=CCCC(C)(C)C1/C=C/c1cc(C(=O)Nc2ccc(Cl)cc2)no1. The van der Waals surface area contributed by atoms with Gasteiger partial charge < -0.3 is 9.84 Å². The minimum Gasteiger partial charge on any atom is -0.356 e. The summed E-state index contributed by atoms with van der Waals surface area (Å²) < 4.78 is 5.30. The van der Waals surface area contributed by atoms with Crippen LogP contribution in [-0.2, 0) is 0 Å². The van der Waals surface area contributed by atoms with Crippen molar-refractivity contribution in [3.8, 4) is 0 Å². The van der Waals surface area contributed by atoms with Crippen LogP contribution >= 0.6 is 11.6 Å². The van der Waals surface area contributed by atoms with E-state index in [2.05, 4.69) is 43.4 Å². The first-order valence-corrected chi connectivity index (χ1v) is 9.11. The molecule has 1 atom stereocenters. The maximum Gasteiger partial charge on any atom is 0.277 e. The molecule has 1 aromatic heterocycles. The first-order valence-electron chi connectivity index (χ1n) is 8.74. The van der Waals surface area contributed by atoms with Crippen molar-refractivity contribution in [3.05, 3.63) is 64.5 Å². The molecule has 5 heteroatoms. The second-order valence-electron chi connectivity index (χ2n) is 7.39. The molecule has 0 radical (unpaired) electrons. The van der Waals surface area contributed by atoms with Crippen LogP contribution in [0.15, 0.2) is 52.6 Å². The second-order valence-corrected chi connectivity index (χ2v) is 7.82. The average molecular weight is 371 g/mol. The third-order valence-electron chi connectivity index (χ3n) is 4.90. The summed E-state index contributed by atoms with van der Waals surface area (Å²) in [6, 6.07) is 8.56. The number of halogens is 1. The summed E-state index contributed by atoms with van der Waals surface area (Å²) in [6.45, 7) is 6.73. The minimum absolute atomic E-state index is 0.212. The van der Waals surface area contributed by atoms with Crippen molar-refractivity contribution in [2.24, 2.45) is 11.3 Å². The zero-order chi connectivity index (χ0) is 18.7. The molecule has 1 unspecified atom stereocenters. The van der Waals surface area contributed by atoms with Gasteiger partial charge in [-0.25, -0.2) is 0 Å². The van der Waals surface area contributed by atoms with Crippen molar-refractivity contribution >= 4 is 29.3 Å². The molecule has 136 valence electrons. The van der Waals surface area contributed by atoms with E-state index in [-0.39, 0.29) is 17.0 Å². The highest BCUT2D eigenvalue weighted by atomic mass is 35.5. The van der Waals surface area contributed by atoms with E-state index in [4.69, 9.17) is 16.1 Å². The van der Waals surface area contributed by atoms with Gasteiger partial charge in [0.2, 0.25) is 0 Å². The lowest BCUT2D eigenvalue weighted by Crippen LogP contribution is -2.26. The Kier molecular flexibility index (Phi) is 5.33. The van der Waals surface area contributed by atoms with Crippen LogP contribution in [0.25, 0.3) is 6.08 Å². The van der Waals surface area contributed by atoms with Gasteiger partial charge in [-0.1, -0.05) is 48.3 Å². The summed E-state index contributed by atoms with van der Waals surface area (Å²) in [5.41, 5.74) is 2.49. The largest absolute Gasteiger partial charge is 0.356 e. The van der Waals surface area contributed by atoms with Gasteiger partial charge in [-0.15, -0.1) is 0 Å². The van der Waals surface area contributed by atoms with Crippen LogP contribution in [0.1, 0.15) is 49.9 Å². The van der Waals surface area contributed by atoms with E-state index < -0.39 is 0 Å². The predicted molar refractivity (Wildman–Crippen MR) is 105 cm³/mol. The molecular weight excluding hydrogens is 348 g/mol. The Morgan fingerprint density at radius 3 is 2.77 bits per heavy atom. The molecule has 26 heavy (non-hydrogen) atoms. The van der Waals surface area contributed by atoms with Crippen LogP contribution in [0, 0.1) is 11.3 Å². The maximum absolute atomic E-state index is 12.3. The van der Waals surface area contributed by atoms with Gasteiger partial charge in [0.05, 0.1) is 0 Å². The number of aromatic nitrogens is 1. The van der Waals surface area contributed by atoms with Gasteiger partial charge in [0, 0.05) is 22.7 Å². The van der Waals surface area contributed by atoms with E-state index in [0.717, 1.165) is 12.8 Å². The highest BCUT2D eigenvalue weighted by molar-refractivity contribution is 6.30. The number of anilines is 1. The van der Waals surface area contributed by atoms with Gasteiger partial charge in [0.1, 0.15) is 0 Å². The Morgan fingerprint density at radius 2 is 2.08 bits per heavy atom. The first-order chi connectivity index (χ1) is 12.3. The molecular formula is C21H23ClN2O2. The fourth-order valence-electron chi connectivity index (χ4n) is 3.38. The van der Waals surface area contributed by atoms with Crippen molar-refractivity contribution in [1.82, 2.24) is 5.16 Å². The number of hydrogen-bond acceptors (Lipinski definition) is 3. The molecule has 3 rings (SSSR count). The molecule has 0 fully saturated rings. The normalized spacial score (nSPS) is 19.4. The highest BCUT2D eigenvalue weighted by Crippen LogP contribution is 2.41. The molecule has 0 aliphatic heterocycles. The monoisotopic (exact) mass is 370 g/mol. The first kappa shape index (κ1) is 18.5. The van der Waals surface area contributed by atoms with Gasteiger partial charge >= 0.3 is 0 Å². The van der Waals surface area contributed by atoms with Crippen molar-refractivity contribution in [1.29, 1.82) is 0 Å². The number of allylic oxidation sites excluding steroid dienone is 3. The molecule has 1 aromatic carbocycles. The molecule has 0 saturated carbocycles. The maximum atomic E-state index is 12.3. The van der Waals surface area contributed by atoms with E-state index in [1.54, 1.807) is 30.3 Å². The number of carbonyl (C=O) groups is 1. The number of amides is 1. The quantitative estimate of drug-likeness (QED) is 0.674. The van der Waals surface area contributed by atoms with E-state index in [9.17, 15) is 4.79 Å². The highest BCUT2D eigenvalue weighted by Gasteiger charge is 2.30. The van der Waals surface area contributed by atoms with Gasteiger partial charge in [0.25, 0.3) is 5.91 Å². The lowest BCUT2D eigenvalue weighted by atomic mass is 9.68. The van der Waals surface area contributed by atoms with Crippen molar-refractivity contribution in [3.63, 3.8) is 0 Å². The molecule has 0 saturated heterocycles. The zero-order valence-electron chi connectivity index (χ0n) is 15.3. The molecule has 4 nitrogen and oxygen atoms in total. The lowest BCUT2D eigenvalue weighted by Gasteiger charge is -2.36. The third-order valence-corrected chi connectivity index (χ3v) is 5.16. The summed E-state index contributed by atoms with van der Waals surface area (Å²) in [5, 5.41) is 7.26. The summed E-state index contributed by atoms with van der Waals surface area (Å²) in [5.74, 6) is 0.609. The van der Waals surface area contributed by atoms with E-state index in [1.165, 1.54) is 5.57 Å². The van der Waals surface area contributed by atoms with Crippen LogP contribution in [0.3, 0.4) is 0 Å². The summed E-state index contributed by atoms with van der Waals surface area (Å²) in [6.07, 6.45) is 8.63. The van der Waals surface area contributed by atoms with Crippen LogP contribution in [-0.4, -0.2) is 11.1 Å². The summed E-state index contributed by atoms with van der Waals surface area (Å²) in [7, 11) is 0. The minimum atomic E-state index is -0.315. The number of nitrogens with zero attached hydrogens (tertiary/aromatic N) is 1. The number of hydrogen-bond donors (Lipinski definition) is 1. The lowest BCUT2D eigenvalue weighted by molar-refractivity contribution is 0.101. The fourth-order valence-corrected chi connectivity index (χ4v) is 3.50. The molecule has 1 heterocycles. The standard InChI is InChI=1S/C21H23ClN2O2/c1-14-5-4-12-21(2,3)18(14)11-10-17-13-19(24-26-17)20(25)23-16-8-6-15(22)7-9-16/h5-11,13,18H,4,12H2,1-3H3,(H,23,25)/b11-10+. The van der Waals surface area contributed by atoms with Gasteiger partial charge in [-0.05, 0) is 55.5 Å². The molecule has 0 bridgehead atoms. The fraction of sp³-hybridized carbons (Fsp3) is 0.333. The average Bonchev–Trinajstić information content (AvgIpc) is 3.05. The topological polar surface area (TPSA) is 55.1 Å². The van der Waals surface area contributed by atoms with E-state index in [1.807, 2.05) is 6.08 Å². The number of carbonyl (C=O) groups excluding carboxylic acids is 1.